The van der Waals surface area contributed by atoms with Crippen molar-refractivity contribution in [2.75, 3.05) is 0 Å². The number of hydrogen-bond acceptors (Lipinski definition) is 4. The number of aliphatic carboxylic acids is 1. The van der Waals surface area contributed by atoms with Gasteiger partial charge in [-0.3, -0.25) is 4.79 Å². The van der Waals surface area contributed by atoms with E-state index in [4.69, 9.17) is 9.63 Å². The summed E-state index contributed by atoms with van der Waals surface area (Å²) in [7, 11) is 0. The summed E-state index contributed by atoms with van der Waals surface area (Å²) in [5, 5.41) is 12.8. The Kier molecular flexibility index (Phi) is 4.12. The quantitative estimate of drug-likeness (QED) is 0.909. The molecular formula is C14H15FN2O3. The van der Waals surface area contributed by atoms with E-state index < -0.39 is 11.9 Å². The molecule has 106 valence electrons. The van der Waals surface area contributed by atoms with Crippen molar-refractivity contribution in [1.29, 1.82) is 0 Å². The monoisotopic (exact) mass is 278 g/mol. The molecule has 0 saturated heterocycles. The van der Waals surface area contributed by atoms with E-state index in [1.54, 1.807) is 26.0 Å². The lowest BCUT2D eigenvalue weighted by molar-refractivity contribution is -0.141. The Morgan fingerprint density at radius 3 is 2.60 bits per heavy atom. The molecule has 1 aromatic carbocycles. The summed E-state index contributed by atoms with van der Waals surface area (Å²) < 4.78 is 17.9. The van der Waals surface area contributed by atoms with Crippen LogP contribution in [0.25, 0.3) is 0 Å². The van der Waals surface area contributed by atoms with Crippen molar-refractivity contribution in [3.8, 4) is 0 Å². The number of carboxylic acids is 1. The van der Waals surface area contributed by atoms with Crippen LogP contribution >= 0.6 is 0 Å². The topological polar surface area (TPSA) is 76.2 Å². The van der Waals surface area contributed by atoms with Gasteiger partial charge in [-0.25, -0.2) is 4.39 Å². The van der Waals surface area contributed by atoms with Crippen molar-refractivity contribution in [2.45, 2.75) is 26.2 Å². The van der Waals surface area contributed by atoms with E-state index in [0.717, 1.165) is 5.56 Å². The van der Waals surface area contributed by atoms with Crippen molar-refractivity contribution >= 4 is 5.97 Å². The molecule has 0 radical (unpaired) electrons. The van der Waals surface area contributed by atoms with Crippen LogP contribution in [0, 0.1) is 11.7 Å². The second kappa shape index (κ2) is 5.81. The maximum absolute atomic E-state index is 12.8. The lowest BCUT2D eigenvalue weighted by Crippen LogP contribution is -2.16. The molecule has 0 fully saturated rings. The summed E-state index contributed by atoms with van der Waals surface area (Å²) in [4.78, 5) is 15.1. The van der Waals surface area contributed by atoms with Crippen LogP contribution in [-0.2, 0) is 11.2 Å². The Hall–Kier alpha value is -2.24. The minimum atomic E-state index is -0.907. The molecule has 2 aromatic rings. The summed E-state index contributed by atoms with van der Waals surface area (Å²) in [6.45, 7) is 3.32. The van der Waals surface area contributed by atoms with Gasteiger partial charge in [-0.1, -0.05) is 31.1 Å². The summed E-state index contributed by atoms with van der Waals surface area (Å²) >= 11 is 0. The fourth-order valence-electron chi connectivity index (χ4n) is 1.74. The third kappa shape index (κ3) is 3.20. The average Bonchev–Trinajstić information content (AvgIpc) is 2.88. The second-order valence-electron chi connectivity index (χ2n) is 4.77. The van der Waals surface area contributed by atoms with Crippen molar-refractivity contribution in [3.05, 3.63) is 47.4 Å². The van der Waals surface area contributed by atoms with Crippen molar-refractivity contribution in [3.63, 3.8) is 0 Å². The Morgan fingerprint density at radius 1 is 1.35 bits per heavy atom. The van der Waals surface area contributed by atoms with Gasteiger partial charge in [0.05, 0.1) is 5.92 Å². The summed E-state index contributed by atoms with van der Waals surface area (Å²) in [6, 6.07) is 6.03. The number of halogens is 1. The zero-order valence-corrected chi connectivity index (χ0v) is 11.2. The number of carboxylic acid groups (broad SMARTS) is 1. The number of aromatic nitrogens is 2. The molecule has 2 atom stereocenters. The van der Waals surface area contributed by atoms with Gasteiger partial charge in [-0.2, -0.15) is 4.98 Å². The van der Waals surface area contributed by atoms with Gasteiger partial charge in [0.25, 0.3) is 0 Å². The van der Waals surface area contributed by atoms with Crippen molar-refractivity contribution in [1.82, 2.24) is 10.1 Å². The molecule has 0 aliphatic rings. The zero-order valence-electron chi connectivity index (χ0n) is 11.2. The lowest BCUT2D eigenvalue weighted by atomic mass is 9.96. The zero-order chi connectivity index (χ0) is 14.7. The highest BCUT2D eigenvalue weighted by atomic mass is 19.1. The first-order chi connectivity index (χ1) is 9.47. The number of nitrogens with zero attached hydrogens (tertiary/aromatic N) is 2. The molecule has 0 aliphatic heterocycles. The van der Waals surface area contributed by atoms with Crippen LogP contribution in [0.15, 0.2) is 28.8 Å². The molecule has 0 spiro atoms. The molecule has 0 saturated carbocycles. The van der Waals surface area contributed by atoms with E-state index in [-0.39, 0.29) is 11.7 Å². The van der Waals surface area contributed by atoms with Crippen LogP contribution in [0.3, 0.4) is 0 Å². The minimum Gasteiger partial charge on any atom is -0.481 e. The second-order valence-corrected chi connectivity index (χ2v) is 4.77. The Labute approximate surface area is 115 Å². The molecule has 1 aromatic heterocycles. The number of carbonyl (C=O) groups is 1. The molecule has 20 heavy (non-hydrogen) atoms. The number of hydrogen-bond donors (Lipinski definition) is 1. The lowest BCUT2D eigenvalue weighted by Gasteiger charge is -2.10. The maximum Gasteiger partial charge on any atom is 0.307 e. The first-order valence-corrected chi connectivity index (χ1v) is 6.27. The normalized spacial score (nSPS) is 13.9. The third-order valence-corrected chi connectivity index (χ3v) is 3.29. The molecule has 2 rings (SSSR count). The maximum atomic E-state index is 12.8. The molecule has 0 aliphatic carbocycles. The van der Waals surface area contributed by atoms with Crippen molar-refractivity contribution in [2.24, 2.45) is 5.92 Å². The summed E-state index contributed by atoms with van der Waals surface area (Å²) in [5.74, 6) is -1.41. The molecular weight excluding hydrogens is 263 g/mol. The fourth-order valence-corrected chi connectivity index (χ4v) is 1.74. The van der Waals surface area contributed by atoms with E-state index in [1.165, 1.54) is 12.1 Å². The Balaban J connectivity index is 2.09. The molecule has 1 heterocycles. The van der Waals surface area contributed by atoms with Crippen LogP contribution in [-0.4, -0.2) is 21.2 Å². The summed E-state index contributed by atoms with van der Waals surface area (Å²) in [6.07, 6.45) is 0.415. The van der Waals surface area contributed by atoms with E-state index >= 15 is 0 Å². The molecule has 0 amide bonds. The number of benzene rings is 1. The van der Waals surface area contributed by atoms with Crippen LogP contribution < -0.4 is 0 Å². The first kappa shape index (κ1) is 14.2. The highest BCUT2D eigenvalue weighted by Gasteiger charge is 2.25. The van der Waals surface area contributed by atoms with Gasteiger partial charge in [-0.05, 0) is 17.7 Å². The van der Waals surface area contributed by atoms with Crippen LogP contribution in [0.5, 0.6) is 0 Å². The van der Waals surface area contributed by atoms with Gasteiger partial charge in [0.1, 0.15) is 5.82 Å². The predicted octanol–water partition coefficient (Wildman–Crippen LogP) is 2.62. The molecule has 6 heteroatoms. The average molecular weight is 278 g/mol. The van der Waals surface area contributed by atoms with E-state index in [9.17, 15) is 9.18 Å². The first-order valence-electron chi connectivity index (χ1n) is 6.27. The van der Waals surface area contributed by atoms with Crippen LogP contribution in [0.2, 0.25) is 0 Å². The number of rotatable bonds is 5. The molecule has 1 N–H and O–H groups in total. The van der Waals surface area contributed by atoms with Gasteiger partial charge >= 0.3 is 5.97 Å². The molecule has 2 unspecified atom stereocenters. The standard InChI is InChI=1S/C14H15FN2O3/c1-8(9(2)14(18)19)13-16-12(17-20-13)7-10-3-5-11(15)6-4-10/h3-6,8-9H,7H2,1-2H3,(H,18,19). The predicted molar refractivity (Wildman–Crippen MR) is 68.7 cm³/mol. The molecule has 5 nitrogen and oxygen atoms in total. The highest BCUT2D eigenvalue weighted by molar-refractivity contribution is 5.70. The Morgan fingerprint density at radius 2 is 2.00 bits per heavy atom. The van der Waals surface area contributed by atoms with Gasteiger partial charge in [0.15, 0.2) is 5.82 Å². The van der Waals surface area contributed by atoms with E-state index in [1.807, 2.05) is 0 Å². The SMILES string of the molecule is CC(C(=O)O)C(C)c1nc(Cc2ccc(F)cc2)no1. The summed E-state index contributed by atoms with van der Waals surface area (Å²) in [5.41, 5.74) is 0.859. The molecule has 0 bridgehead atoms. The largest absolute Gasteiger partial charge is 0.481 e. The van der Waals surface area contributed by atoms with Crippen LogP contribution in [0.4, 0.5) is 4.39 Å². The fraction of sp³-hybridized carbons (Fsp3) is 0.357. The Bertz CT molecular complexity index is 595. The van der Waals surface area contributed by atoms with Crippen LogP contribution in [0.1, 0.15) is 37.0 Å². The van der Waals surface area contributed by atoms with Gasteiger partial charge in [-0.15, -0.1) is 0 Å². The van der Waals surface area contributed by atoms with Gasteiger partial charge < -0.3 is 9.63 Å². The van der Waals surface area contributed by atoms with E-state index in [2.05, 4.69) is 10.1 Å². The van der Waals surface area contributed by atoms with Gasteiger partial charge in [0, 0.05) is 12.3 Å². The van der Waals surface area contributed by atoms with Crippen molar-refractivity contribution < 1.29 is 18.8 Å². The highest BCUT2D eigenvalue weighted by Crippen LogP contribution is 2.23. The van der Waals surface area contributed by atoms with Gasteiger partial charge in [0.2, 0.25) is 5.89 Å². The smallest absolute Gasteiger partial charge is 0.307 e. The van der Waals surface area contributed by atoms with E-state index in [0.29, 0.717) is 18.1 Å². The third-order valence-electron chi connectivity index (χ3n) is 3.29. The minimum absolute atomic E-state index is 0.300.